The Balaban J connectivity index is 1.52. The van der Waals surface area contributed by atoms with Crippen LogP contribution in [-0.4, -0.2) is 19.4 Å². The normalized spacial score (nSPS) is 11.4. The fraction of sp³-hybridized carbons (Fsp3) is 0.0909. The number of aromatic nitrogens is 1. The summed E-state index contributed by atoms with van der Waals surface area (Å²) in [6.07, 6.45) is 0. The van der Waals surface area contributed by atoms with Crippen LogP contribution in [0, 0.1) is 6.92 Å². The zero-order valence-corrected chi connectivity index (χ0v) is 17.7. The molecule has 4 rings (SSSR count). The summed E-state index contributed by atoms with van der Waals surface area (Å²) >= 11 is 1.45. The molecule has 1 N–H and O–H groups in total. The van der Waals surface area contributed by atoms with Gasteiger partial charge in [-0.25, -0.2) is 18.2 Å². The van der Waals surface area contributed by atoms with Crippen LogP contribution in [-0.2, 0) is 21.4 Å². The second-order valence-corrected chi connectivity index (χ2v) is 9.41. The predicted molar refractivity (Wildman–Crippen MR) is 117 cm³/mol. The molecular formula is C22H18N2O4S2. The number of carbonyl (C=O) groups is 1. The van der Waals surface area contributed by atoms with Crippen LogP contribution in [0.25, 0.3) is 10.2 Å². The first-order valence-electron chi connectivity index (χ1n) is 9.12. The average molecular weight is 439 g/mol. The predicted octanol–water partition coefficient (Wildman–Crippen LogP) is 4.76. The molecule has 1 aromatic heterocycles. The van der Waals surface area contributed by atoms with Gasteiger partial charge in [0.25, 0.3) is 10.0 Å². The molecular weight excluding hydrogens is 420 g/mol. The Morgan fingerprint density at radius 1 is 1.00 bits per heavy atom. The third kappa shape index (κ3) is 4.34. The number of hydrogen-bond acceptors (Lipinski definition) is 6. The number of fused-ring (bicyclic) bond motifs is 1. The van der Waals surface area contributed by atoms with Crippen LogP contribution in [0.1, 0.15) is 20.9 Å². The third-order valence-electron chi connectivity index (χ3n) is 4.39. The number of sulfonamides is 1. The van der Waals surface area contributed by atoms with Crippen molar-refractivity contribution in [3.63, 3.8) is 0 Å². The highest BCUT2D eigenvalue weighted by molar-refractivity contribution is 7.92. The Bertz CT molecular complexity index is 1280. The van der Waals surface area contributed by atoms with Crippen molar-refractivity contribution in [3.8, 4) is 0 Å². The number of thiazole rings is 1. The van der Waals surface area contributed by atoms with Crippen molar-refractivity contribution in [2.24, 2.45) is 0 Å². The van der Waals surface area contributed by atoms with Crippen LogP contribution < -0.4 is 4.72 Å². The van der Waals surface area contributed by atoms with Crippen LogP contribution in [0.5, 0.6) is 0 Å². The molecule has 0 saturated heterocycles. The maximum atomic E-state index is 12.7. The van der Waals surface area contributed by atoms with Crippen molar-refractivity contribution < 1.29 is 17.9 Å². The standard InChI is InChI=1S/C22H18N2O4S2/c1-15-10-12-16(13-11-15)30(26,27)24-18-7-3-2-6-17(18)22(25)28-14-21-23-19-8-4-5-9-20(19)29-21/h2-13,24H,14H2,1H3. The highest BCUT2D eigenvalue weighted by Gasteiger charge is 2.19. The number of benzene rings is 3. The first-order valence-corrected chi connectivity index (χ1v) is 11.4. The Morgan fingerprint density at radius 2 is 1.70 bits per heavy atom. The van der Waals surface area contributed by atoms with Gasteiger partial charge in [-0.15, -0.1) is 11.3 Å². The molecule has 4 aromatic rings. The third-order valence-corrected chi connectivity index (χ3v) is 6.78. The first-order chi connectivity index (χ1) is 14.4. The Hall–Kier alpha value is -3.23. The number of anilines is 1. The van der Waals surface area contributed by atoms with Crippen molar-refractivity contribution >= 4 is 43.2 Å². The molecule has 0 aliphatic rings. The van der Waals surface area contributed by atoms with E-state index in [0.717, 1.165) is 15.8 Å². The van der Waals surface area contributed by atoms with Gasteiger partial charge in [-0.1, -0.05) is 42.0 Å². The lowest BCUT2D eigenvalue weighted by Crippen LogP contribution is -2.16. The van der Waals surface area contributed by atoms with Crippen molar-refractivity contribution in [1.82, 2.24) is 4.98 Å². The number of nitrogens with zero attached hydrogens (tertiary/aromatic N) is 1. The molecule has 0 radical (unpaired) electrons. The molecule has 0 atom stereocenters. The van der Waals surface area contributed by atoms with Crippen molar-refractivity contribution in [2.45, 2.75) is 18.4 Å². The summed E-state index contributed by atoms with van der Waals surface area (Å²) in [5.74, 6) is -0.628. The van der Waals surface area contributed by atoms with Gasteiger partial charge >= 0.3 is 5.97 Å². The monoisotopic (exact) mass is 438 g/mol. The summed E-state index contributed by atoms with van der Waals surface area (Å²) in [5, 5.41) is 0.669. The zero-order chi connectivity index (χ0) is 21.1. The van der Waals surface area contributed by atoms with E-state index in [1.807, 2.05) is 31.2 Å². The summed E-state index contributed by atoms with van der Waals surface area (Å²) in [4.78, 5) is 17.2. The molecule has 0 aliphatic heterocycles. The highest BCUT2D eigenvalue weighted by atomic mass is 32.2. The smallest absolute Gasteiger partial charge is 0.340 e. The molecule has 1 heterocycles. The van der Waals surface area contributed by atoms with E-state index >= 15 is 0 Å². The number of ether oxygens (including phenoxy) is 1. The Labute approximate surface area is 178 Å². The first kappa shape index (κ1) is 20.1. The molecule has 0 spiro atoms. The lowest BCUT2D eigenvalue weighted by atomic mass is 10.2. The minimum atomic E-state index is -3.84. The zero-order valence-electron chi connectivity index (χ0n) is 16.0. The molecule has 0 saturated carbocycles. The van der Waals surface area contributed by atoms with Gasteiger partial charge in [-0.05, 0) is 43.3 Å². The number of para-hydroxylation sites is 2. The molecule has 0 bridgehead atoms. The van der Waals surface area contributed by atoms with Gasteiger partial charge in [0, 0.05) is 0 Å². The van der Waals surface area contributed by atoms with Gasteiger partial charge in [0.15, 0.2) is 0 Å². The summed E-state index contributed by atoms with van der Waals surface area (Å²) < 4.78 is 34.3. The summed E-state index contributed by atoms with van der Waals surface area (Å²) in [7, 11) is -3.84. The molecule has 30 heavy (non-hydrogen) atoms. The quantitative estimate of drug-likeness (QED) is 0.439. The van der Waals surface area contributed by atoms with E-state index < -0.39 is 16.0 Å². The lowest BCUT2D eigenvalue weighted by Gasteiger charge is -2.12. The van der Waals surface area contributed by atoms with E-state index in [0.29, 0.717) is 5.01 Å². The second-order valence-electron chi connectivity index (χ2n) is 6.62. The summed E-state index contributed by atoms with van der Waals surface area (Å²) in [6, 6.07) is 20.5. The van der Waals surface area contributed by atoms with Gasteiger partial charge in [0.05, 0.1) is 26.4 Å². The molecule has 8 heteroatoms. The minimum absolute atomic E-state index is 0.0111. The van der Waals surface area contributed by atoms with E-state index in [2.05, 4.69) is 9.71 Å². The average Bonchev–Trinajstić information content (AvgIpc) is 3.15. The van der Waals surface area contributed by atoms with E-state index in [1.165, 1.54) is 35.6 Å². The number of nitrogens with one attached hydrogen (secondary N) is 1. The van der Waals surface area contributed by atoms with Crippen LogP contribution in [0.15, 0.2) is 77.7 Å². The van der Waals surface area contributed by atoms with Crippen molar-refractivity contribution in [2.75, 3.05) is 4.72 Å². The van der Waals surface area contributed by atoms with Gasteiger partial charge in [-0.3, -0.25) is 4.72 Å². The fourth-order valence-electron chi connectivity index (χ4n) is 2.86. The molecule has 0 amide bonds. The van der Waals surface area contributed by atoms with Crippen molar-refractivity contribution in [1.29, 1.82) is 0 Å². The van der Waals surface area contributed by atoms with Crippen LogP contribution in [0.2, 0.25) is 0 Å². The summed E-state index contributed by atoms with van der Waals surface area (Å²) in [6.45, 7) is 1.89. The summed E-state index contributed by atoms with van der Waals surface area (Å²) in [5.41, 5.74) is 2.09. The molecule has 6 nitrogen and oxygen atoms in total. The van der Waals surface area contributed by atoms with E-state index in [9.17, 15) is 13.2 Å². The van der Waals surface area contributed by atoms with E-state index in [1.54, 1.807) is 24.3 Å². The molecule has 0 fully saturated rings. The largest absolute Gasteiger partial charge is 0.455 e. The topological polar surface area (TPSA) is 85.4 Å². The number of hydrogen-bond donors (Lipinski definition) is 1. The van der Waals surface area contributed by atoms with Gasteiger partial charge < -0.3 is 4.74 Å². The minimum Gasteiger partial charge on any atom is -0.455 e. The van der Waals surface area contributed by atoms with E-state index in [-0.39, 0.29) is 22.8 Å². The van der Waals surface area contributed by atoms with Gasteiger partial charge in [0.2, 0.25) is 0 Å². The lowest BCUT2D eigenvalue weighted by molar-refractivity contribution is 0.0474. The number of rotatable bonds is 6. The van der Waals surface area contributed by atoms with Gasteiger partial charge in [-0.2, -0.15) is 0 Å². The molecule has 0 aliphatic carbocycles. The maximum Gasteiger partial charge on any atom is 0.340 e. The number of aryl methyl sites for hydroxylation is 1. The van der Waals surface area contributed by atoms with Crippen LogP contribution in [0.4, 0.5) is 5.69 Å². The van der Waals surface area contributed by atoms with E-state index in [4.69, 9.17) is 4.74 Å². The number of carbonyl (C=O) groups excluding carboxylic acids is 1. The Kier molecular flexibility index (Phi) is 5.52. The van der Waals surface area contributed by atoms with Crippen molar-refractivity contribution in [3.05, 3.63) is 88.9 Å². The SMILES string of the molecule is Cc1ccc(S(=O)(=O)Nc2ccccc2C(=O)OCc2nc3ccccc3s2)cc1. The molecule has 152 valence electrons. The highest BCUT2D eigenvalue weighted by Crippen LogP contribution is 2.24. The second kappa shape index (κ2) is 8.25. The van der Waals surface area contributed by atoms with Crippen LogP contribution in [0.3, 0.4) is 0 Å². The Morgan fingerprint density at radius 3 is 2.47 bits per heavy atom. The fourth-order valence-corrected chi connectivity index (χ4v) is 4.82. The van der Waals surface area contributed by atoms with Gasteiger partial charge in [0.1, 0.15) is 11.6 Å². The molecule has 3 aromatic carbocycles. The molecule has 0 unspecified atom stereocenters. The maximum absolute atomic E-state index is 12.7. The van der Waals surface area contributed by atoms with Crippen LogP contribution >= 0.6 is 11.3 Å². The number of esters is 1.